The molecule has 0 radical (unpaired) electrons. The molecule has 0 fully saturated rings. The van der Waals surface area contributed by atoms with Crippen LogP contribution in [0.2, 0.25) is 0 Å². The van der Waals surface area contributed by atoms with Crippen LogP contribution in [0, 0.1) is 0 Å². The number of carboxylic acid groups (broad SMARTS) is 1. The summed E-state index contributed by atoms with van der Waals surface area (Å²) in [5, 5.41) is 8.68. The van der Waals surface area contributed by atoms with Crippen LogP contribution in [0.15, 0.2) is 0 Å². The molecule has 0 aromatic rings. The van der Waals surface area contributed by atoms with Crippen molar-refractivity contribution < 1.29 is 19.4 Å². The molecule has 48 heavy (non-hydrogen) atoms. The fourth-order valence-corrected chi connectivity index (χ4v) is 7.06. The normalized spacial score (nSPS) is 12.0. The third kappa shape index (κ3) is 39.4. The Kier molecular flexibility index (Phi) is 39.5. The molecule has 286 valence electrons. The molecule has 0 saturated carbocycles. The number of esters is 1. The SMILES string of the molecule is CCCCCCCCCCCCCCCCCCCCCCCC(=O)OC(CCCC)CCCCCCCCCCCCCCC(=O)O. The first kappa shape index (κ1) is 46.9. The van der Waals surface area contributed by atoms with E-state index >= 15 is 0 Å². The van der Waals surface area contributed by atoms with E-state index in [-0.39, 0.29) is 12.1 Å². The van der Waals surface area contributed by atoms with Crippen molar-refractivity contribution in [1.29, 1.82) is 0 Å². The number of carbonyl (C=O) groups excluding carboxylic acids is 1. The second-order valence-electron chi connectivity index (χ2n) is 15.3. The topological polar surface area (TPSA) is 63.6 Å². The lowest BCUT2D eigenvalue weighted by molar-refractivity contribution is -0.150. The lowest BCUT2D eigenvalue weighted by atomic mass is 10.0. The van der Waals surface area contributed by atoms with Gasteiger partial charge in [-0.2, -0.15) is 0 Å². The van der Waals surface area contributed by atoms with E-state index in [1.54, 1.807) is 0 Å². The van der Waals surface area contributed by atoms with Gasteiger partial charge in [-0.3, -0.25) is 9.59 Å². The van der Waals surface area contributed by atoms with E-state index in [1.165, 1.54) is 193 Å². The van der Waals surface area contributed by atoms with Crippen LogP contribution in [0.4, 0.5) is 0 Å². The van der Waals surface area contributed by atoms with E-state index in [4.69, 9.17) is 9.84 Å². The molecule has 1 N–H and O–H groups in total. The van der Waals surface area contributed by atoms with Crippen molar-refractivity contribution in [2.75, 3.05) is 0 Å². The van der Waals surface area contributed by atoms with Gasteiger partial charge in [0.1, 0.15) is 6.10 Å². The Labute approximate surface area is 301 Å². The zero-order valence-electron chi connectivity index (χ0n) is 32.8. The van der Waals surface area contributed by atoms with E-state index in [0.717, 1.165) is 44.9 Å². The van der Waals surface area contributed by atoms with E-state index in [0.29, 0.717) is 12.8 Å². The number of carbonyl (C=O) groups is 2. The van der Waals surface area contributed by atoms with E-state index < -0.39 is 5.97 Å². The number of aliphatic carboxylic acids is 1. The average Bonchev–Trinajstić information content (AvgIpc) is 3.07. The predicted molar refractivity (Wildman–Crippen MR) is 209 cm³/mol. The van der Waals surface area contributed by atoms with E-state index in [1.807, 2.05) is 0 Å². The van der Waals surface area contributed by atoms with Crippen LogP contribution in [0.3, 0.4) is 0 Å². The van der Waals surface area contributed by atoms with Crippen molar-refractivity contribution >= 4 is 11.9 Å². The van der Waals surface area contributed by atoms with Gasteiger partial charge in [-0.25, -0.2) is 0 Å². The van der Waals surface area contributed by atoms with Crippen LogP contribution in [0.25, 0.3) is 0 Å². The van der Waals surface area contributed by atoms with Crippen molar-refractivity contribution in [3.8, 4) is 0 Å². The largest absolute Gasteiger partial charge is 0.481 e. The van der Waals surface area contributed by atoms with Gasteiger partial charge in [0, 0.05) is 12.8 Å². The molecule has 0 aromatic heterocycles. The highest BCUT2D eigenvalue weighted by Gasteiger charge is 2.14. The van der Waals surface area contributed by atoms with Crippen molar-refractivity contribution in [1.82, 2.24) is 0 Å². The van der Waals surface area contributed by atoms with Gasteiger partial charge in [0.2, 0.25) is 0 Å². The molecule has 1 atom stereocenters. The second kappa shape index (κ2) is 40.4. The van der Waals surface area contributed by atoms with E-state index in [9.17, 15) is 9.59 Å². The van der Waals surface area contributed by atoms with Crippen LogP contribution in [-0.2, 0) is 14.3 Å². The van der Waals surface area contributed by atoms with Gasteiger partial charge in [-0.05, 0) is 32.1 Å². The molecule has 0 bridgehead atoms. The molecule has 1 unspecified atom stereocenters. The molecule has 0 amide bonds. The summed E-state index contributed by atoms with van der Waals surface area (Å²) in [6, 6.07) is 0. The molecule has 0 rings (SSSR count). The maximum atomic E-state index is 12.5. The lowest BCUT2D eigenvalue weighted by Crippen LogP contribution is -2.18. The van der Waals surface area contributed by atoms with Gasteiger partial charge in [-0.15, -0.1) is 0 Å². The number of unbranched alkanes of at least 4 members (excludes halogenated alkanes) is 32. The van der Waals surface area contributed by atoms with Gasteiger partial charge in [0.05, 0.1) is 0 Å². The molecular weight excluding hydrogens is 592 g/mol. The first-order valence-corrected chi connectivity index (χ1v) is 22.0. The van der Waals surface area contributed by atoms with Crippen molar-refractivity contribution in [2.45, 2.75) is 270 Å². The molecule has 4 nitrogen and oxygen atoms in total. The monoisotopic (exact) mass is 679 g/mol. The van der Waals surface area contributed by atoms with Gasteiger partial charge in [0.15, 0.2) is 0 Å². The van der Waals surface area contributed by atoms with Crippen molar-refractivity contribution in [2.24, 2.45) is 0 Å². The third-order valence-electron chi connectivity index (χ3n) is 10.3. The summed E-state index contributed by atoms with van der Waals surface area (Å²) in [5.41, 5.74) is 0. The van der Waals surface area contributed by atoms with Crippen molar-refractivity contribution in [3.63, 3.8) is 0 Å². The van der Waals surface area contributed by atoms with Crippen LogP contribution in [0.5, 0.6) is 0 Å². The summed E-state index contributed by atoms with van der Waals surface area (Å²) in [6.07, 6.45) is 49.1. The molecular formula is C44H86O4. The smallest absolute Gasteiger partial charge is 0.306 e. The maximum absolute atomic E-state index is 12.5. The van der Waals surface area contributed by atoms with Crippen LogP contribution >= 0.6 is 0 Å². The summed E-state index contributed by atoms with van der Waals surface area (Å²) in [7, 11) is 0. The Bertz CT molecular complexity index is 648. The highest BCUT2D eigenvalue weighted by molar-refractivity contribution is 5.69. The van der Waals surface area contributed by atoms with Crippen LogP contribution in [0.1, 0.15) is 264 Å². The molecule has 0 spiro atoms. The zero-order valence-corrected chi connectivity index (χ0v) is 32.8. The number of ether oxygens (including phenoxy) is 1. The highest BCUT2D eigenvalue weighted by Crippen LogP contribution is 2.19. The standard InChI is InChI=1S/C44H86O4/c1-3-5-7-8-9-10-11-12-13-14-15-16-17-18-19-20-25-28-31-34-37-41-44(47)48-42(38-6-4-2)39-35-32-29-26-23-21-22-24-27-30-33-36-40-43(45)46/h42H,3-41H2,1-2H3,(H,45,46). The Morgan fingerprint density at radius 1 is 0.375 bits per heavy atom. The summed E-state index contributed by atoms with van der Waals surface area (Å²) >= 11 is 0. The summed E-state index contributed by atoms with van der Waals surface area (Å²) in [6.45, 7) is 4.52. The number of hydrogen-bond acceptors (Lipinski definition) is 3. The Balaban J connectivity index is 3.53. The Morgan fingerprint density at radius 2 is 0.646 bits per heavy atom. The molecule has 0 saturated heterocycles. The summed E-state index contributed by atoms with van der Waals surface area (Å²) < 4.78 is 5.95. The highest BCUT2D eigenvalue weighted by atomic mass is 16.5. The number of hydrogen-bond donors (Lipinski definition) is 1. The quantitative estimate of drug-likeness (QED) is 0.0516. The minimum atomic E-state index is -0.668. The molecule has 0 aliphatic heterocycles. The van der Waals surface area contributed by atoms with E-state index in [2.05, 4.69) is 13.8 Å². The minimum absolute atomic E-state index is 0.0378. The zero-order chi connectivity index (χ0) is 35.0. The fraction of sp³-hybridized carbons (Fsp3) is 0.955. The molecule has 0 heterocycles. The Hall–Kier alpha value is -1.06. The number of rotatable bonds is 41. The van der Waals surface area contributed by atoms with Gasteiger partial charge in [-0.1, -0.05) is 219 Å². The van der Waals surface area contributed by atoms with Crippen LogP contribution in [-0.4, -0.2) is 23.1 Å². The second-order valence-corrected chi connectivity index (χ2v) is 15.3. The fourth-order valence-electron chi connectivity index (χ4n) is 7.06. The lowest BCUT2D eigenvalue weighted by Gasteiger charge is -2.18. The van der Waals surface area contributed by atoms with Gasteiger partial charge in [0.25, 0.3) is 0 Å². The average molecular weight is 679 g/mol. The maximum Gasteiger partial charge on any atom is 0.306 e. The summed E-state index contributed by atoms with van der Waals surface area (Å²) in [4.78, 5) is 23.1. The summed E-state index contributed by atoms with van der Waals surface area (Å²) in [5.74, 6) is -0.630. The molecule has 0 aromatic carbocycles. The first-order chi connectivity index (χ1) is 23.6. The Morgan fingerprint density at radius 3 is 0.979 bits per heavy atom. The molecule has 0 aliphatic rings. The third-order valence-corrected chi connectivity index (χ3v) is 10.3. The molecule has 0 aliphatic carbocycles. The van der Waals surface area contributed by atoms with Gasteiger partial charge >= 0.3 is 11.9 Å². The van der Waals surface area contributed by atoms with Crippen molar-refractivity contribution in [3.05, 3.63) is 0 Å². The van der Waals surface area contributed by atoms with Gasteiger partial charge < -0.3 is 9.84 Å². The first-order valence-electron chi connectivity index (χ1n) is 22.0. The minimum Gasteiger partial charge on any atom is -0.481 e. The number of carboxylic acids is 1. The van der Waals surface area contributed by atoms with Crippen LogP contribution < -0.4 is 0 Å². The molecule has 4 heteroatoms. The predicted octanol–water partition coefficient (Wildman–Crippen LogP) is 15.2.